The molecular weight excluding hydrogens is 304 g/mol. The van der Waals surface area contributed by atoms with E-state index in [1.165, 1.54) is 11.1 Å². The van der Waals surface area contributed by atoms with Crippen molar-refractivity contribution in [1.29, 1.82) is 0 Å². The average molecular weight is 326 g/mol. The van der Waals surface area contributed by atoms with E-state index in [0.29, 0.717) is 31.9 Å². The molecule has 2 aromatic carbocycles. The van der Waals surface area contributed by atoms with Crippen LogP contribution in [0.25, 0.3) is 0 Å². The van der Waals surface area contributed by atoms with Crippen molar-refractivity contribution < 1.29 is 14.3 Å². The van der Waals surface area contributed by atoms with Crippen LogP contribution < -0.4 is 20.1 Å². The summed E-state index contributed by atoms with van der Waals surface area (Å²) in [6, 6.07) is 11.7. The Labute approximate surface area is 142 Å². The maximum atomic E-state index is 12.1. The largest absolute Gasteiger partial charge is 0.486 e. The van der Waals surface area contributed by atoms with Gasteiger partial charge in [0.25, 0.3) is 0 Å². The Morgan fingerprint density at radius 3 is 2.62 bits per heavy atom. The summed E-state index contributed by atoms with van der Waals surface area (Å²) >= 11 is 0. The van der Waals surface area contributed by atoms with E-state index in [-0.39, 0.29) is 5.91 Å². The summed E-state index contributed by atoms with van der Waals surface area (Å²) in [6.07, 6.45) is 0.391. The molecule has 0 fully saturated rings. The highest BCUT2D eigenvalue weighted by atomic mass is 16.6. The van der Waals surface area contributed by atoms with Crippen LogP contribution in [0.2, 0.25) is 0 Å². The standard InChI is InChI=1S/C19H22N2O3/c1-13-3-5-16(14(2)11-13)20-8-7-19(22)21-15-4-6-17-18(12-15)24-10-9-23-17/h3-6,11-12,20H,7-10H2,1-2H3,(H,21,22). The Morgan fingerprint density at radius 2 is 1.83 bits per heavy atom. The number of anilines is 2. The molecule has 0 saturated carbocycles. The van der Waals surface area contributed by atoms with Crippen molar-refractivity contribution in [3.05, 3.63) is 47.5 Å². The number of hydrogen-bond donors (Lipinski definition) is 2. The second kappa shape index (κ2) is 7.25. The lowest BCUT2D eigenvalue weighted by Gasteiger charge is -2.19. The summed E-state index contributed by atoms with van der Waals surface area (Å²) in [4.78, 5) is 12.1. The van der Waals surface area contributed by atoms with Crippen LogP contribution in [0.5, 0.6) is 11.5 Å². The number of hydrogen-bond acceptors (Lipinski definition) is 4. The van der Waals surface area contributed by atoms with Crippen molar-refractivity contribution in [2.24, 2.45) is 0 Å². The summed E-state index contributed by atoms with van der Waals surface area (Å²) in [5.41, 5.74) is 4.19. The van der Waals surface area contributed by atoms with Crippen LogP contribution in [0, 0.1) is 13.8 Å². The zero-order chi connectivity index (χ0) is 16.9. The second-order valence-corrected chi connectivity index (χ2v) is 5.90. The highest BCUT2D eigenvalue weighted by molar-refractivity contribution is 5.91. The minimum Gasteiger partial charge on any atom is -0.486 e. The topological polar surface area (TPSA) is 59.6 Å². The average Bonchev–Trinajstić information content (AvgIpc) is 2.57. The van der Waals surface area contributed by atoms with Crippen LogP contribution in [0.4, 0.5) is 11.4 Å². The third-order valence-electron chi connectivity index (χ3n) is 3.88. The van der Waals surface area contributed by atoms with Gasteiger partial charge < -0.3 is 20.1 Å². The lowest BCUT2D eigenvalue weighted by Crippen LogP contribution is -2.18. The molecule has 3 rings (SSSR count). The molecule has 1 aliphatic rings. The first-order valence-electron chi connectivity index (χ1n) is 8.12. The van der Waals surface area contributed by atoms with Crippen LogP contribution in [0.3, 0.4) is 0 Å². The third kappa shape index (κ3) is 3.98. The molecule has 0 bridgehead atoms. The van der Waals surface area contributed by atoms with E-state index in [1.54, 1.807) is 6.07 Å². The molecule has 0 aliphatic carbocycles. The van der Waals surface area contributed by atoms with E-state index in [1.807, 2.05) is 18.2 Å². The summed E-state index contributed by atoms with van der Waals surface area (Å²) in [7, 11) is 0. The highest BCUT2D eigenvalue weighted by Gasteiger charge is 2.12. The predicted molar refractivity (Wildman–Crippen MR) is 95.1 cm³/mol. The van der Waals surface area contributed by atoms with Gasteiger partial charge in [-0.15, -0.1) is 0 Å². The number of aryl methyl sites for hydroxylation is 2. The molecule has 5 nitrogen and oxygen atoms in total. The van der Waals surface area contributed by atoms with Crippen LogP contribution in [0.1, 0.15) is 17.5 Å². The maximum Gasteiger partial charge on any atom is 0.226 e. The summed E-state index contributed by atoms with van der Waals surface area (Å²) in [6.45, 7) is 5.80. The predicted octanol–water partition coefficient (Wildman–Crippen LogP) is 3.52. The van der Waals surface area contributed by atoms with Crippen molar-refractivity contribution in [2.45, 2.75) is 20.3 Å². The molecule has 0 aromatic heterocycles. The molecule has 24 heavy (non-hydrogen) atoms. The Kier molecular flexibility index (Phi) is 4.89. The van der Waals surface area contributed by atoms with Gasteiger partial charge in [0.2, 0.25) is 5.91 Å². The number of benzene rings is 2. The highest BCUT2D eigenvalue weighted by Crippen LogP contribution is 2.32. The molecule has 0 unspecified atom stereocenters. The van der Waals surface area contributed by atoms with E-state index >= 15 is 0 Å². The third-order valence-corrected chi connectivity index (χ3v) is 3.88. The fourth-order valence-electron chi connectivity index (χ4n) is 2.67. The summed E-state index contributed by atoms with van der Waals surface area (Å²) in [5, 5.41) is 6.19. The van der Waals surface area contributed by atoms with Crippen LogP contribution in [0.15, 0.2) is 36.4 Å². The van der Waals surface area contributed by atoms with Gasteiger partial charge in [-0.25, -0.2) is 0 Å². The fourth-order valence-corrected chi connectivity index (χ4v) is 2.67. The van der Waals surface area contributed by atoms with Gasteiger partial charge in [0.1, 0.15) is 13.2 Å². The minimum absolute atomic E-state index is 0.0380. The van der Waals surface area contributed by atoms with Crippen molar-refractivity contribution in [3.8, 4) is 11.5 Å². The first-order chi connectivity index (χ1) is 11.6. The number of rotatable bonds is 5. The van der Waals surface area contributed by atoms with Crippen molar-refractivity contribution in [2.75, 3.05) is 30.4 Å². The zero-order valence-electron chi connectivity index (χ0n) is 14.0. The van der Waals surface area contributed by atoms with E-state index < -0.39 is 0 Å². The molecule has 0 atom stereocenters. The van der Waals surface area contributed by atoms with E-state index in [0.717, 1.165) is 17.1 Å². The lowest BCUT2D eigenvalue weighted by molar-refractivity contribution is -0.115. The lowest BCUT2D eigenvalue weighted by atomic mass is 10.1. The van der Waals surface area contributed by atoms with Gasteiger partial charge in [0.15, 0.2) is 11.5 Å². The molecular formula is C19H22N2O3. The molecule has 0 saturated heterocycles. The first-order valence-corrected chi connectivity index (χ1v) is 8.12. The number of ether oxygens (including phenoxy) is 2. The molecule has 2 aromatic rings. The SMILES string of the molecule is Cc1ccc(NCCC(=O)Nc2ccc3c(c2)OCCO3)c(C)c1. The molecule has 0 radical (unpaired) electrons. The maximum absolute atomic E-state index is 12.1. The van der Waals surface area contributed by atoms with Crippen LogP contribution in [-0.2, 0) is 4.79 Å². The smallest absolute Gasteiger partial charge is 0.226 e. The molecule has 1 aliphatic heterocycles. The summed E-state index contributed by atoms with van der Waals surface area (Å²) in [5.74, 6) is 1.35. The number of carbonyl (C=O) groups is 1. The molecule has 1 heterocycles. The molecule has 126 valence electrons. The van der Waals surface area contributed by atoms with E-state index in [4.69, 9.17) is 9.47 Å². The normalized spacial score (nSPS) is 12.6. The van der Waals surface area contributed by atoms with E-state index in [2.05, 4.69) is 36.6 Å². The number of carbonyl (C=O) groups excluding carboxylic acids is 1. The summed E-state index contributed by atoms with van der Waals surface area (Å²) < 4.78 is 11.0. The minimum atomic E-state index is -0.0380. The molecule has 5 heteroatoms. The van der Waals surface area contributed by atoms with Crippen molar-refractivity contribution >= 4 is 17.3 Å². The molecule has 2 N–H and O–H groups in total. The Hall–Kier alpha value is -2.69. The van der Waals surface area contributed by atoms with Gasteiger partial charge in [0, 0.05) is 30.4 Å². The van der Waals surface area contributed by atoms with Gasteiger partial charge in [-0.1, -0.05) is 17.7 Å². The second-order valence-electron chi connectivity index (χ2n) is 5.90. The van der Waals surface area contributed by atoms with Gasteiger partial charge in [-0.05, 0) is 37.6 Å². The van der Waals surface area contributed by atoms with Crippen LogP contribution >= 0.6 is 0 Å². The Balaban J connectivity index is 1.50. The van der Waals surface area contributed by atoms with Crippen LogP contribution in [-0.4, -0.2) is 25.7 Å². The monoisotopic (exact) mass is 326 g/mol. The van der Waals surface area contributed by atoms with Crippen molar-refractivity contribution in [1.82, 2.24) is 0 Å². The first kappa shape index (κ1) is 16.2. The zero-order valence-corrected chi connectivity index (χ0v) is 14.0. The Bertz CT molecular complexity index is 743. The fraction of sp³-hybridized carbons (Fsp3) is 0.316. The van der Waals surface area contributed by atoms with E-state index in [9.17, 15) is 4.79 Å². The Morgan fingerprint density at radius 1 is 1.04 bits per heavy atom. The number of fused-ring (bicyclic) bond motifs is 1. The van der Waals surface area contributed by atoms with Gasteiger partial charge in [-0.3, -0.25) is 4.79 Å². The van der Waals surface area contributed by atoms with Gasteiger partial charge in [-0.2, -0.15) is 0 Å². The molecule has 1 amide bonds. The van der Waals surface area contributed by atoms with Gasteiger partial charge in [0.05, 0.1) is 0 Å². The molecule has 0 spiro atoms. The van der Waals surface area contributed by atoms with Crippen molar-refractivity contribution in [3.63, 3.8) is 0 Å². The van der Waals surface area contributed by atoms with Gasteiger partial charge >= 0.3 is 0 Å². The number of amides is 1. The quantitative estimate of drug-likeness (QED) is 0.883. The number of nitrogens with one attached hydrogen (secondary N) is 2.